The third-order valence-corrected chi connectivity index (χ3v) is 4.70. The van der Waals surface area contributed by atoms with Crippen LogP contribution in [-0.4, -0.2) is 29.0 Å². The SMILES string of the molecule is CC(=O)c1ccccc1NC(=O)[C@@H](C)OC(=O)[C@@H](C)Sc1ccccc1. The molecule has 0 aliphatic carbocycles. The molecule has 0 saturated heterocycles. The van der Waals surface area contributed by atoms with E-state index in [1.165, 1.54) is 25.6 Å². The number of Topliss-reactive ketones (excluding diaryl/α,β-unsaturated/α-hetero) is 1. The van der Waals surface area contributed by atoms with Crippen LogP contribution in [0, 0.1) is 0 Å². The average molecular weight is 371 g/mol. The van der Waals surface area contributed by atoms with Gasteiger partial charge in [-0.25, -0.2) is 0 Å². The summed E-state index contributed by atoms with van der Waals surface area (Å²) in [5, 5.41) is 2.19. The first-order valence-electron chi connectivity index (χ1n) is 8.21. The van der Waals surface area contributed by atoms with Crippen LogP contribution >= 0.6 is 11.8 Å². The molecule has 6 heteroatoms. The van der Waals surface area contributed by atoms with Crippen molar-refractivity contribution in [3.05, 3.63) is 60.2 Å². The number of anilines is 1. The molecule has 0 aliphatic rings. The van der Waals surface area contributed by atoms with Gasteiger partial charge in [0.1, 0.15) is 5.25 Å². The number of amides is 1. The topological polar surface area (TPSA) is 72.5 Å². The summed E-state index contributed by atoms with van der Waals surface area (Å²) in [7, 11) is 0. The molecule has 26 heavy (non-hydrogen) atoms. The van der Waals surface area contributed by atoms with Gasteiger partial charge in [-0.15, -0.1) is 11.8 Å². The number of ketones is 1. The van der Waals surface area contributed by atoms with Gasteiger partial charge >= 0.3 is 5.97 Å². The molecule has 1 amide bonds. The highest BCUT2D eigenvalue weighted by molar-refractivity contribution is 8.00. The molecule has 0 saturated carbocycles. The molecule has 2 aromatic rings. The van der Waals surface area contributed by atoms with Gasteiger partial charge in [0.15, 0.2) is 11.9 Å². The fraction of sp³-hybridized carbons (Fsp3) is 0.250. The Morgan fingerprint density at radius 2 is 1.58 bits per heavy atom. The number of thioether (sulfide) groups is 1. The zero-order valence-electron chi connectivity index (χ0n) is 14.9. The van der Waals surface area contributed by atoms with Crippen LogP contribution in [0.5, 0.6) is 0 Å². The number of esters is 1. The van der Waals surface area contributed by atoms with Gasteiger partial charge in [-0.1, -0.05) is 30.3 Å². The number of carbonyl (C=O) groups is 3. The minimum Gasteiger partial charge on any atom is -0.452 e. The van der Waals surface area contributed by atoms with Crippen LogP contribution in [0.4, 0.5) is 5.69 Å². The van der Waals surface area contributed by atoms with Crippen LogP contribution in [-0.2, 0) is 14.3 Å². The standard InChI is InChI=1S/C20H21NO4S/c1-13(22)17-11-7-8-12-18(17)21-19(23)14(2)25-20(24)15(3)26-16-9-5-4-6-10-16/h4-12,14-15H,1-3H3,(H,21,23)/t14-,15-/m1/s1. The lowest BCUT2D eigenvalue weighted by Crippen LogP contribution is -2.32. The van der Waals surface area contributed by atoms with E-state index in [4.69, 9.17) is 4.74 Å². The van der Waals surface area contributed by atoms with Crippen molar-refractivity contribution < 1.29 is 19.1 Å². The molecule has 2 aromatic carbocycles. The van der Waals surface area contributed by atoms with Crippen molar-refractivity contribution in [2.24, 2.45) is 0 Å². The molecule has 136 valence electrons. The number of ether oxygens (including phenoxy) is 1. The molecule has 2 atom stereocenters. The highest BCUT2D eigenvalue weighted by Gasteiger charge is 2.23. The van der Waals surface area contributed by atoms with Crippen LogP contribution in [0.15, 0.2) is 59.5 Å². The molecular weight excluding hydrogens is 350 g/mol. The lowest BCUT2D eigenvalue weighted by Gasteiger charge is -2.17. The Morgan fingerprint density at radius 1 is 0.962 bits per heavy atom. The summed E-state index contributed by atoms with van der Waals surface area (Å²) in [5.74, 6) is -1.11. The number of carbonyl (C=O) groups excluding carboxylic acids is 3. The maximum absolute atomic E-state index is 12.3. The third kappa shape index (κ3) is 5.46. The van der Waals surface area contributed by atoms with Gasteiger partial charge in [0.2, 0.25) is 0 Å². The first kappa shape index (κ1) is 19.7. The van der Waals surface area contributed by atoms with Gasteiger partial charge in [-0.05, 0) is 45.0 Å². The summed E-state index contributed by atoms with van der Waals surface area (Å²) in [5.41, 5.74) is 0.812. The van der Waals surface area contributed by atoms with E-state index in [-0.39, 0.29) is 5.78 Å². The molecular formula is C20H21NO4S. The molecule has 1 N–H and O–H groups in total. The van der Waals surface area contributed by atoms with E-state index in [0.29, 0.717) is 11.3 Å². The lowest BCUT2D eigenvalue weighted by molar-refractivity contribution is -0.152. The van der Waals surface area contributed by atoms with Gasteiger partial charge in [0.05, 0.1) is 5.69 Å². The molecule has 0 radical (unpaired) electrons. The second-order valence-electron chi connectivity index (χ2n) is 5.74. The maximum atomic E-state index is 12.3. The quantitative estimate of drug-likeness (QED) is 0.453. The Kier molecular flexibility index (Phi) is 6.97. The normalized spacial score (nSPS) is 12.7. The van der Waals surface area contributed by atoms with E-state index in [1.807, 2.05) is 30.3 Å². The third-order valence-electron chi connectivity index (χ3n) is 3.61. The van der Waals surface area contributed by atoms with E-state index in [9.17, 15) is 14.4 Å². The Balaban J connectivity index is 1.94. The number of para-hydroxylation sites is 1. The minimum absolute atomic E-state index is 0.154. The molecule has 5 nitrogen and oxygen atoms in total. The fourth-order valence-electron chi connectivity index (χ4n) is 2.21. The first-order chi connectivity index (χ1) is 12.4. The summed E-state index contributed by atoms with van der Waals surface area (Å²) in [6, 6.07) is 16.2. The predicted molar refractivity (Wildman–Crippen MR) is 102 cm³/mol. The maximum Gasteiger partial charge on any atom is 0.319 e. The zero-order valence-corrected chi connectivity index (χ0v) is 15.7. The van der Waals surface area contributed by atoms with E-state index in [2.05, 4.69) is 5.32 Å². The molecule has 0 spiro atoms. The predicted octanol–water partition coefficient (Wildman–Crippen LogP) is 3.94. The van der Waals surface area contributed by atoms with E-state index < -0.39 is 23.2 Å². The molecule has 0 fully saturated rings. The van der Waals surface area contributed by atoms with Crippen molar-refractivity contribution in [2.45, 2.75) is 37.0 Å². The average Bonchev–Trinajstić information content (AvgIpc) is 2.62. The fourth-order valence-corrected chi connectivity index (χ4v) is 3.08. The van der Waals surface area contributed by atoms with Crippen molar-refractivity contribution in [3.8, 4) is 0 Å². The Hall–Kier alpha value is -2.60. The van der Waals surface area contributed by atoms with Crippen molar-refractivity contribution in [2.75, 3.05) is 5.32 Å². The smallest absolute Gasteiger partial charge is 0.319 e. The van der Waals surface area contributed by atoms with Crippen molar-refractivity contribution in [3.63, 3.8) is 0 Å². The van der Waals surface area contributed by atoms with E-state index in [0.717, 1.165) is 4.90 Å². The minimum atomic E-state index is -0.971. The molecule has 0 aliphatic heterocycles. The number of nitrogens with one attached hydrogen (secondary N) is 1. The number of hydrogen-bond donors (Lipinski definition) is 1. The monoisotopic (exact) mass is 371 g/mol. The van der Waals surface area contributed by atoms with Gasteiger partial charge in [0.25, 0.3) is 5.91 Å². The Bertz CT molecular complexity index is 791. The summed E-state index contributed by atoms with van der Waals surface area (Å²) < 4.78 is 5.26. The van der Waals surface area contributed by atoms with Crippen LogP contribution in [0.2, 0.25) is 0 Å². The van der Waals surface area contributed by atoms with Gasteiger partial charge in [-0.2, -0.15) is 0 Å². The summed E-state index contributed by atoms with van der Waals surface area (Å²) in [4.78, 5) is 37.1. The Morgan fingerprint density at radius 3 is 2.23 bits per heavy atom. The first-order valence-corrected chi connectivity index (χ1v) is 9.09. The van der Waals surface area contributed by atoms with Crippen LogP contribution < -0.4 is 5.32 Å². The second-order valence-corrected chi connectivity index (χ2v) is 7.16. The number of benzene rings is 2. The number of hydrogen-bond acceptors (Lipinski definition) is 5. The van der Waals surface area contributed by atoms with Crippen molar-refractivity contribution in [1.82, 2.24) is 0 Å². The summed E-state index contributed by atoms with van der Waals surface area (Å²) in [6.07, 6.45) is -0.971. The molecule has 0 heterocycles. The zero-order chi connectivity index (χ0) is 19.1. The molecule has 0 bridgehead atoms. The van der Waals surface area contributed by atoms with E-state index in [1.54, 1.807) is 31.2 Å². The second kappa shape index (κ2) is 9.20. The van der Waals surface area contributed by atoms with Crippen LogP contribution in [0.1, 0.15) is 31.1 Å². The highest BCUT2D eigenvalue weighted by Crippen LogP contribution is 2.24. The largest absolute Gasteiger partial charge is 0.452 e. The summed E-state index contributed by atoms with van der Waals surface area (Å²) >= 11 is 1.36. The molecule has 0 aromatic heterocycles. The van der Waals surface area contributed by atoms with Gasteiger partial charge < -0.3 is 10.1 Å². The van der Waals surface area contributed by atoms with Crippen LogP contribution in [0.3, 0.4) is 0 Å². The van der Waals surface area contributed by atoms with Crippen LogP contribution in [0.25, 0.3) is 0 Å². The number of rotatable bonds is 7. The highest BCUT2D eigenvalue weighted by atomic mass is 32.2. The summed E-state index contributed by atoms with van der Waals surface area (Å²) in [6.45, 7) is 4.66. The Labute approximate surface area is 157 Å². The van der Waals surface area contributed by atoms with E-state index >= 15 is 0 Å². The molecule has 0 unspecified atom stereocenters. The van der Waals surface area contributed by atoms with Crippen molar-refractivity contribution in [1.29, 1.82) is 0 Å². The molecule has 2 rings (SSSR count). The van der Waals surface area contributed by atoms with Crippen molar-refractivity contribution >= 4 is 35.1 Å². The van der Waals surface area contributed by atoms with Gasteiger partial charge in [0, 0.05) is 10.5 Å². The van der Waals surface area contributed by atoms with Gasteiger partial charge in [-0.3, -0.25) is 14.4 Å². The lowest BCUT2D eigenvalue weighted by atomic mass is 10.1.